The monoisotopic (exact) mass is 146 g/mol. The number of hydrogen-bond acceptors (Lipinski definition) is 3. The first kappa shape index (κ1) is 7.98. The zero-order valence-corrected chi connectivity index (χ0v) is 6.32. The summed E-state index contributed by atoms with van der Waals surface area (Å²) in [6.45, 7) is 3.70. The summed E-state index contributed by atoms with van der Waals surface area (Å²) in [5.74, 6) is 0.0556. The summed E-state index contributed by atoms with van der Waals surface area (Å²) in [5, 5.41) is 18.1. The molecule has 0 amide bonds. The van der Waals surface area contributed by atoms with Gasteiger partial charge in [0.15, 0.2) is 0 Å². The Bertz CT molecular complexity index is 115. The van der Waals surface area contributed by atoms with Crippen molar-refractivity contribution in [2.24, 2.45) is 5.92 Å². The van der Waals surface area contributed by atoms with Crippen molar-refractivity contribution in [3.8, 4) is 0 Å². The number of aliphatic hydroxyl groups is 2. The third-order valence-electron chi connectivity index (χ3n) is 2.18. The SMILES string of the molecule is CC1O[C@H](CO)[C@@H](C)C1O. The van der Waals surface area contributed by atoms with Gasteiger partial charge in [0.1, 0.15) is 0 Å². The van der Waals surface area contributed by atoms with E-state index in [0.717, 1.165) is 0 Å². The molecule has 1 aliphatic heterocycles. The van der Waals surface area contributed by atoms with Crippen LogP contribution in [0.25, 0.3) is 0 Å². The second-order valence-electron chi connectivity index (χ2n) is 2.91. The van der Waals surface area contributed by atoms with Crippen LogP contribution < -0.4 is 0 Å². The van der Waals surface area contributed by atoms with Crippen LogP contribution in [0.3, 0.4) is 0 Å². The molecule has 0 saturated carbocycles. The maximum Gasteiger partial charge on any atom is 0.0861 e. The van der Waals surface area contributed by atoms with Crippen molar-refractivity contribution in [1.82, 2.24) is 0 Å². The molecule has 2 unspecified atom stereocenters. The van der Waals surface area contributed by atoms with Crippen molar-refractivity contribution in [3.63, 3.8) is 0 Å². The molecular weight excluding hydrogens is 132 g/mol. The summed E-state index contributed by atoms with van der Waals surface area (Å²) in [7, 11) is 0. The van der Waals surface area contributed by atoms with E-state index in [1.54, 1.807) is 0 Å². The highest BCUT2D eigenvalue weighted by Gasteiger charge is 2.37. The van der Waals surface area contributed by atoms with Gasteiger partial charge < -0.3 is 14.9 Å². The smallest absolute Gasteiger partial charge is 0.0861 e. The third-order valence-corrected chi connectivity index (χ3v) is 2.18. The quantitative estimate of drug-likeness (QED) is 0.537. The predicted molar refractivity (Wildman–Crippen MR) is 36.6 cm³/mol. The van der Waals surface area contributed by atoms with Gasteiger partial charge in [-0.15, -0.1) is 0 Å². The summed E-state index contributed by atoms with van der Waals surface area (Å²) in [5.41, 5.74) is 0. The Morgan fingerprint density at radius 2 is 2.00 bits per heavy atom. The highest BCUT2D eigenvalue weighted by molar-refractivity contribution is 4.84. The van der Waals surface area contributed by atoms with E-state index < -0.39 is 6.10 Å². The van der Waals surface area contributed by atoms with E-state index >= 15 is 0 Å². The molecule has 60 valence electrons. The van der Waals surface area contributed by atoms with Crippen molar-refractivity contribution in [1.29, 1.82) is 0 Å². The fourth-order valence-corrected chi connectivity index (χ4v) is 1.34. The van der Waals surface area contributed by atoms with Crippen molar-refractivity contribution < 1.29 is 14.9 Å². The van der Waals surface area contributed by atoms with Gasteiger partial charge in [-0.1, -0.05) is 6.92 Å². The summed E-state index contributed by atoms with van der Waals surface area (Å²) >= 11 is 0. The lowest BCUT2D eigenvalue weighted by Crippen LogP contribution is -2.24. The molecule has 1 rings (SSSR count). The van der Waals surface area contributed by atoms with Gasteiger partial charge in [0.05, 0.1) is 24.9 Å². The van der Waals surface area contributed by atoms with E-state index in [9.17, 15) is 5.11 Å². The Balaban J connectivity index is 2.53. The Labute approximate surface area is 60.6 Å². The van der Waals surface area contributed by atoms with E-state index in [2.05, 4.69) is 0 Å². The minimum atomic E-state index is -0.419. The van der Waals surface area contributed by atoms with E-state index in [-0.39, 0.29) is 24.7 Å². The lowest BCUT2D eigenvalue weighted by atomic mass is 10.00. The standard InChI is InChI=1S/C7H14O3/c1-4-6(3-8)10-5(2)7(4)9/h4-9H,3H2,1-2H3/t4-,5?,6-,7?/m1/s1. The fraction of sp³-hybridized carbons (Fsp3) is 1.00. The Hall–Kier alpha value is -0.120. The molecule has 3 nitrogen and oxygen atoms in total. The molecule has 2 N–H and O–H groups in total. The van der Waals surface area contributed by atoms with Crippen LogP contribution in [0.15, 0.2) is 0 Å². The number of aliphatic hydroxyl groups excluding tert-OH is 2. The van der Waals surface area contributed by atoms with Crippen LogP contribution in [0.2, 0.25) is 0 Å². The molecular formula is C7H14O3. The van der Waals surface area contributed by atoms with E-state index in [4.69, 9.17) is 9.84 Å². The largest absolute Gasteiger partial charge is 0.394 e. The topological polar surface area (TPSA) is 49.7 Å². The van der Waals surface area contributed by atoms with Crippen molar-refractivity contribution >= 4 is 0 Å². The van der Waals surface area contributed by atoms with Crippen LogP contribution >= 0.6 is 0 Å². The van der Waals surface area contributed by atoms with Crippen LogP contribution in [0, 0.1) is 5.92 Å². The van der Waals surface area contributed by atoms with Crippen LogP contribution in [-0.2, 0) is 4.74 Å². The van der Waals surface area contributed by atoms with Gasteiger partial charge in [0.25, 0.3) is 0 Å². The molecule has 0 aromatic carbocycles. The Morgan fingerprint density at radius 3 is 2.20 bits per heavy atom. The van der Waals surface area contributed by atoms with Crippen molar-refractivity contribution in [2.75, 3.05) is 6.61 Å². The fourth-order valence-electron chi connectivity index (χ4n) is 1.34. The second-order valence-corrected chi connectivity index (χ2v) is 2.91. The summed E-state index contributed by atoms with van der Waals surface area (Å²) in [4.78, 5) is 0. The predicted octanol–water partition coefficient (Wildman–Crippen LogP) is -0.237. The summed E-state index contributed by atoms with van der Waals surface area (Å²) in [6.07, 6.45) is -0.728. The average molecular weight is 146 g/mol. The molecule has 0 spiro atoms. The van der Waals surface area contributed by atoms with Gasteiger partial charge >= 0.3 is 0 Å². The van der Waals surface area contributed by atoms with Crippen LogP contribution in [0.5, 0.6) is 0 Å². The molecule has 1 saturated heterocycles. The molecule has 0 radical (unpaired) electrons. The summed E-state index contributed by atoms with van der Waals surface area (Å²) in [6, 6.07) is 0. The zero-order valence-electron chi connectivity index (χ0n) is 6.32. The molecule has 0 aliphatic carbocycles. The summed E-state index contributed by atoms with van der Waals surface area (Å²) < 4.78 is 5.23. The van der Waals surface area contributed by atoms with E-state index in [1.165, 1.54) is 0 Å². The maximum atomic E-state index is 9.33. The highest BCUT2D eigenvalue weighted by Crippen LogP contribution is 2.25. The molecule has 1 heterocycles. The number of rotatable bonds is 1. The molecule has 4 atom stereocenters. The van der Waals surface area contributed by atoms with Crippen molar-refractivity contribution in [3.05, 3.63) is 0 Å². The minimum Gasteiger partial charge on any atom is -0.394 e. The van der Waals surface area contributed by atoms with Crippen molar-refractivity contribution in [2.45, 2.75) is 32.2 Å². The minimum absolute atomic E-state index is 0.00255. The Morgan fingerprint density at radius 1 is 1.40 bits per heavy atom. The zero-order chi connectivity index (χ0) is 7.72. The normalized spacial score (nSPS) is 48.0. The molecule has 0 aromatic rings. The van der Waals surface area contributed by atoms with Gasteiger partial charge in [-0.25, -0.2) is 0 Å². The van der Waals surface area contributed by atoms with Gasteiger partial charge in [-0.3, -0.25) is 0 Å². The van der Waals surface area contributed by atoms with E-state index in [1.807, 2.05) is 13.8 Å². The molecule has 3 heteroatoms. The second kappa shape index (κ2) is 2.86. The molecule has 1 aliphatic rings. The molecule has 1 fully saturated rings. The van der Waals surface area contributed by atoms with Crippen LogP contribution in [0.1, 0.15) is 13.8 Å². The lowest BCUT2D eigenvalue weighted by molar-refractivity contribution is -0.00171. The number of hydrogen-bond donors (Lipinski definition) is 2. The molecule has 0 bridgehead atoms. The van der Waals surface area contributed by atoms with Crippen LogP contribution in [0.4, 0.5) is 0 Å². The Kier molecular flexibility index (Phi) is 2.28. The first-order chi connectivity index (χ1) is 4.66. The third kappa shape index (κ3) is 1.17. The first-order valence-corrected chi connectivity index (χ1v) is 3.61. The molecule has 0 aromatic heterocycles. The highest BCUT2D eigenvalue weighted by atomic mass is 16.5. The number of ether oxygens (including phenoxy) is 1. The van der Waals surface area contributed by atoms with Gasteiger partial charge in [-0.2, -0.15) is 0 Å². The first-order valence-electron chi connectivity index (χ1n) is 3.61. The lowest BCUT2D eigenvalue weighted by Gasteiger charge is -2.11. The molecule has 10 heavy (non-hydrogen) atoms. The van der Waals surface area contributed by atoms with E-state index in [0.29, 0.717) is 0 Å². The maximum absolute atomic E-state index is 9.33. The average Bonchev–Trinajstić information content (AvgIpc) is 2.17. The van der Waals surface area contributed by atoms with Gasteiger partial charge in [0.2, 0.25) is 0 Å². The van der Waals surface area contributed by atoms with Crippen LogP contribution in [-0.4, -0.2) is 35.1 Å². The van der Waals surface area contributed by atoms with Gasteiger partial charge in [0, 0.05) is 5.92 Å². The van der Waals surface area contributed by atoms with Gasteiger partial charge in [-0.05, 0) is 6.92 Å².